The van der Waals surface area contributed by atoms with Gasteiger partial charge in [0.25, 0.3) is 0 Å². The van der Waals surface area contributed by atoms with Gasteiger partial charge in [0.15, 0.2) is 0 Å². The third-order valence-electron chi connectivity index (χ3n) is 4.21. The van der Waals surface area contributed by atoms with E-state index in [1.807, 2.05) is 6.92 Å². The van der Waals surface area contributed by atoms with Crippen molar-refractivity contribution in [2.45, 2.75) is 30.9 Å². The lowest BCUT2D eigenvalue weighted by Crippen LogP contribution is -2.53. The molecule has 2 rings (SSSR count). The Balaban J connectivity index is 2.10. The van der Waals surface area contributed by atoms with Gasteiger partial charge in [0, 0.05) is 13.1 Å². The van der Waals surface area contributed by atoms with Crippen LogP contribution in [-0.4, -0.2) is 56.5 Å². The van der Waals surface area contributed by atoms with Gasteiger partial charge in [-0.1, -0.05) is 0 Å². The maximum Gasteiger partial charge on any atom is 0.309 e. The number of aliphatic carboxylic acids is 2. The van der Waals surface area contributed by atoms with Crippen LogP contribution in [0.1, 0.15) is 26.2 Å². The molecule has 6 nitrogen and oxygen atoms in total. The van der Waals surface area contributed by atoms with Gasteiger partial charge in [-0.25, -0.2) is 0 Å². The Bertz CT molecular complexity index is 432. The number of nitrogens with zero attached hydrogens (tertiary/aromatic N) is 1. The highest BCUT2D eigenvalue weighted by Crippen LogP contribution is 2.40. The number of likely N-dealkylation sites (tertiary alicyclic amines) is 1. The van der Waals surface area contributed by atoms with Gasteiger partial charge in [-0.15, -0.1) is 11.8 Å². The first-order valence-electron chi connectivity index (χ1n) is 6.74. The van der Waals surface area contributed by atoms with Crippen LogP contribution in [0.15, 0.2) is 0 Å². The molecule has 7 heteroatoms. The number of carbonyl (C=O) groups is 3. The van der Waals surface area contributed by atoms with Crippen molar-refractivity contribution in [2.24, 2.45) is 11.8 Å². The Morgan fingerprint density at radius 2 is 1.85 bits per heavy atom. The Morgan fingerprint density at radius 1 is 1.20 bits per heavy atom. The van der Waals surface area contributed by atoms with Crippen molar-refractivity contribution in [3.63, 3.8) is 0 Å². The van der Waals surface area contributed by atoms with Crippen molar-refractivity contribution in [3.8, 4) is 0 Å². The number of thioether (sulfide) groups is 1. The SMILES string of the molecule is CC1(C(=O)N2CCC(C(=O)O)C(C(=O)O)C2)CCCS1. The predicted octanol–water partition coefficient (Wildman–Crippen LogP) is 0.906. The second-order valence-corrected chi connectivity index (χ2v) is 7.21. The van der Waals surface area contributed by atoms with Gasteiger partial charge in [-0.05, 0) is 31.9 Å². The first-order chi connectivity index (χ1) is 9.35. The van der Waals surface area contributed by atoms with Crippen LogP contribution >= 0.6 is 11.8 Å². The van der Waals surface area contributed by atoms with E-state index in [1.165, 1.54) is 4.90 Å². The van der Waals surface area contributed by atoms with E-state index in [0.717, 1.165) is 18.6 Å². The molecule has 2 aliphatic heterocycles. The number of hydrogen-bond donors (Lipinski definition) is 2. The summed E-state index contributed by atoms with van der Waals surface area (Å²) in [5, 5.41) is 18.3. The minimum Gasteiger partial charge on any atom is -0.481 e. The Kier molecular flexibility index (Phi) is 4.27. The molecule has 0 saturated carbocycles. The molecule has 3 unspecified atom stereocenters. The number of carbonyl (C=O) groups excluding carboxylic acids is 1. The van der Waals surface area contributed by atoms with E-state index in [0.29, 0.717) is 6.54 Å². The molecule has 2 fully saturated rings. The van der Waals surface area contributed by atoms with Crippen molar-refractivity contribution >= 4 is 29.6 Å². The van der Waals surface area contributed by atoms with E-state index < -0.39 is 28.5 Å². The van der Waals surface area contributed by atoms with Crippen LogP contribution in [0.4, 0.5) is 0 Å². The summed E-state index contributed by atoms with van der Waals surface area (Å²) in [5.41, 5.74) is 0. The summed E-state index contributed by atoms with van der Waals surface area (Å²) in [6, 6.07) is 0. The van der Waals surface area contributed by atoms with Crippen molar-refractivity contribution < 1.29 is 24.6 Å². The van der Waals surface area contributed by atoms with E-state index in [2.05, 4.69) is 0 Å². The molecule has 1 amide bonds. The Labute approximate surface area is 121 Å². The van der Waals surface area contributed by atoms with E-state index in [-0.39, 0.29) is 18.9 Å². The quantitative estimate of drug-likeness (QED) is 0.804. The average Bonchev–Trinajstić information content (AvgIpc) is 2.85. The molecule has 0 aromatic carbocycles. The van der Waals surface area contributed by atoms with Crippen LogP contribution < -0.4 is 0 Å². The zero-order chi connectivity index (χ0) is 14.9. The molecule has 112 valence electrons. The van der Waals surface area contributed by atoms with E-state index in [1.54, 1.807) is 11.8 Å². The number of amides is 1. The fourth-order valence-corrected chi connectivity index (χ4v) is 4.24. The minimum atomic E-state index is -1.14. The number of carboxylic acid groups (broad SMARTS) is 2. The highest BCUT2D eigenvalue weighted by atomic mass is 32.2. The van der Waals surface area contributed by atoms with Crippen LogP contribution in [0.25, 0.3) is 0 Å². The summed E-state index contributed by atoms with van der Waals surface area (Å²) < 4.78 is -0.473. The first-order valence-corrected chi connectivity index (χ1v) is 7.72. The third kappa shape index (κ3) is 2.77. The van der Waals surface area contributed by atoms with Crippen LogP contribution in [0.3, 0.4) is 0 Å². The highest BCUT2D eigenvalue weighted by Gasteiger charge is 2.45. The summed E-state index contributed by atoms with van der Waals surface area (Å²) in [5.74, 6) is -3.25. The fraction of sp³-hybridized carbons (Fsp3) is 0.769. The maximum atomic E-state index is 12.5. The number of piperidine rings is 1. The van der Waals surface area contributed by atoms with Crippen LogP contribution in [0.2, 0.25) is 0 Å². The smallest absolute Gasteiger partial charge is 0.309 e. The van der Waals surface area contributed by atoms with Crippen LogP contribution in [-0.2, 0) is 14.4 Å². The Hall–Kier alpha value is -1.24. The molecule has 0 bridgehead atoms. The lowest BCUT2D eigenvalue weighted by molar-refractivity contribution is -0.159. The van der Waals surface area contributed by atoms with Gasteiger partial charge < -0.3 is 15.1 Å². The lowest BCUT2D eigenvalue weighted by atomic mass is 9.85. The molecule has 0 radical (unpaired) electrons. The predicted molar refractivity (Wildman–Crippen MR) is 73.5 cm³/mol. The molecule has 0 aliphatic carbocycles. The first kappa shape index (κ1) is 15.2. The van der Waals surface area contributed by atoms with E-state index in [9.17, 15) is 19.5 Å². The molecular formula is C13H19NO5S. The topological polar surface area (TPSA) is 94.9 Å². The van der Waals surface area contributed by atoms with Crippen LogP contribution in [0.5, 0.6) is 0 Å². The molecule has 2 N–H and O–H groups in total. The summed E-state index contributed by atoms with van der Waals surface area (Å²) in [7, 11) is 0. The molecular weight excluding hydrogens is 282 g/mol. The summed E-state index contributed by atoms with van der Waals surface area (Å²) in [4.78, 5) is 36.4. The van der Waals surface area contributed by atoms with Gasteiger partial charge in [0.05, 0.1) is 16.6 Å². The molecule has 2 heterocycles. The molecule has 0 aromatic heterocycles. The maximum absolute atomic E-state index is 12.5. The summed E-state index contributed by atoms with van der Waals surface area (Å²) in [6.07, 6.45) is 1.99. The van der Waals surface area contributed by atoms with Gasteiger partial charge in [-0.3, -0.25) is 14.4 Å². The average molecular weight is 301 g/mol. The molecule has 3 atom stereocenters. The molecule has 2 saturated heterocycles. The van der Waals surface area contributed by atoms with E-state index in [4.69, 9.17) is 5.11 Å². The summed E-state index contributed by atoms with van der Waals surface area (Å²) in [6.45, 7) is 2.23. The monoisotopic (exact) mass is 301 g/mol. The van der Waals surface area contributed by atoms with Gasteiger partial charge in [0.2, 0.25) is 5.91 Å². The van der Waals surface area contributed by atoms with Crippen LogP contribution in [0, 0.1) is 11.8 Å². The second-order valence-electron chi connectivity index (χ2n) is 5.61. The third-order valence-corrected chi connectivity index (χ3v) is 5.71. The van der Waals surface area contributed by atoms with Crippen molar-refractivity contribution in [1.82, 2.24) is 4.90 Å². The lowest BCUT2D eigenvalue weighted by Gasteiger charge is -2.38. The molecule has 20 heavy (non-hydrogen) atoms. The largest absolute Gasteiger partial charge is 0.481 e. The molecule has 0 aromatic rings. The number of rotatable bonds is 3. The normalized spacial score (nSPS) is 34.0. The number of hydrogen-bond acceptors (Lipinski definition) is 4. The zero-order valence-electron chi connectivity index (χ0n) is 11.4. The molecule has 0 spiro atoms. The van der Waals surface area contributed by atoms with Crippen molar-refractivity contribution in [1.29, 1.82) is 0 Å². The fourth-order valence-electron chi connectivity index (χ4n) is 2.96. The number of carboxylic acids is 2. The Morgan fingerprint density at radius 3 is 2.35 bits per heavy atom. The second kappa shape index (κ2) is 5.63. The van der Waals surface area contributed by atoms with E-state index >= 15 is 0 Å². The minimum absolute atomic E-state index is 0.00127. The molecule has 2 aliphatic rings. The van der Waals surface area contributed by atoms with Crippen molar-refractivity contribution in [2.75, 3.05) is 18.8 Å². The summed E-state index contributed by atoms with van der Waals surface area (Å²) >= 11 is 1.61. The van der Waals surface area contributed by atoms with Crippen molar-refractivity contribution in [3.05, 3.63) is 0 Å². The highest BCUT2D eigenvalue weighted by molar-refractivity contribution is 8.01. The van der Waals surface area contributed by atoms with Gasteiger partial charge in [-0.2, -0.15) is 0 Å². The zero-order valence-corrected chi connectivity index (χ0v) is 12.2. The van der Waals surface area contributed by atoms with Gasteiger partial charge in [0.1, 0.15) is 0 Å². The standard InChI is InChI=1S/C13H19NO5S/c1-13(4-2-6-20-13)12(19)14-5-3-8(10(15)16)9(7-14)11(17)18/h8-9H,2-7H2,1H3,(H,15,16)(H,17,18). The van der Waals surface area contributed by atoms with Gasteiger partial charge >= 0.3 is 11.9 Å².